The third-order valence-corrected chi connectivity index (χ3v) is 6.19. The van der Waals surface area contributed by atoms with Crippen LogP contribution < -0.4 is 5.73 Å². The van der Waals surface area contributed by atoms with Gasteiger partial charge in [-0.15, -0.1) is 0 Å². The Kier molecular flexibility index (Phi) is 8.09. The van der Waals surface area contributed by atoms with E-state index in [1.54, 1.807) is 11.1 Å². The van der Waals surface area contributed by atoms with Crippen LogP contribution in [0, 0.1) is 13.8 Å². The second-order valence-corrected chi connectivity index (χ2v) is 10.2. The lowest BCUT2D eigenvalue weighted by Crippen LogP contribution is -2.48. The van der Waals surface area contributed by atoms with Gasteiger partial charge in [-0.1, -0.05) is 24.2 Å². The molecule has 164 valence electrons. The minimum absolute atomic E-state index is 0.0130. The number of amides is 1. The summed E-state index contributed by atoms with van der Waals surface area (Å²) in [5.41, 5.74) is 9.87. The highest BCUT2D eigenvalue weighted by Gasteiger charge is 2.22. The quantitative estimate of drug-likeness (QED) is 0.637. The molecule has 0 unspecified atom stereocenters. The minimum Gasteiger partial charge on any atom is -0.403 e. The zero-order valence-electron chi connectivity index (χ0n) is 17.7. The fourth-order valence-corrected chi connectivity index (χ4v) is 3.96. The van der Waals surface area contributed by atoms with Gasteiger partial charge in [0.2, 0.25) is 5.91 Å². The number of carbonyl (C=O) groups is 1. The number of carbonyl (C=O) groups excluding carboxylic acids is 1. The van der Waals surface area contributed by atoms with E-state index in [4.69, 9.17) is 17.3 Å². The van der Waals surface area contributed by atoms with Gasteiger partial charge in [-0.05, 0) is 31.1 Å². The Bertz CT molecular complexity index is 978. The summed E-state index contributed by atoms with van der Waals surface area (Å²) in [6.45, 7) is 10.3. The van der Waals surface area contributed by atoms with E-state index in [1.807, 2.05) is 26.0 Å². The van der Waals surface area contributed by atoms with E-state index in [2.05, 4.69) is 16.5 Å². The second-order valence-electron chi connectivity index (χ2n) is 7.49. The van der Waals surface area contributed by atoms with Crippen LogP contribution in [0.25, 0.3) is 5.57 Å². The number of hydrogen-bond acceptors (Lipinski definition) is 6. The molecular weight excluding hydrogens is 424 g/mol. The van der Waals surface area contributed by atoms with Crippen molar-refractivity contribution in [2.24, 2.45) is 5.73 Å². The number of piperazine rings is 1. The van der Waals surface area contributed by atoms with Crippen molar-refractivity contribution in [3.63, 3.8) is 0 Å². The lowest BCUT2D eigenvalue weighted by atomic mass is 10.0. The molecule has 1 aromatic heterocycles. The maximum Gasteiger partial charge on any atom is 0.223 e. The molecule has 7 nitrogen and oxygen atoms in total. The van der Waals surface area contributed by atoms with Gasteiger partial charge < -0.3 is 15.5 Å². The summed E-state index contributed by atoms with van der Waals surface area (Å²) >= 11 is 6.36. The third kappa shape index (κ3) is 6.60. The van der Waals surface area contributed by atoms with Gasteiger partial charge >= 0.3 is 0 Å². The van der Waals surface area contributed by atoms with Gasteiger partial charge in [0.25, 0.3) is 0 Å². The highest BCUT2D eigenvalue weighted by molar-refractivity contribution is 7.90. The Morgan fingerprint density at radius 1 is 1.27 bits per heavy atom. The molecule has 0 aromatic carbocycles. The zero-order chi connectivity index (χ0) is 22.5. The third-order valence-electron chi connectivity index (χ3n) is 4.91. The molecule has 2 N–H and O–H groups in total. The molecule has 1 amide bonds. The lowest BCUT2D eigenvalue weighted by Gasteiger charge is -2.36. The standard InChI is InChI=1S/C21H29ClN4O3S/c1-15-11-16(2)21(24-14-15)18(19(22)13-23)12-17(3)25-6-8-26(9-7-25)20(27)5-10-30(4,28)29/h11-14H,3,5-10,23H2,1-2,4H3/b18-12+,19-13+. The number of pyridine rings is 1. The topological polar surface area (TPSA) is 96.6 Å². The average molecular weight is 453 g/mol. The number of nitrogens with zero attached hydrogens (tertiary/aromatic N) is 3. The normalized spacial score (nSPS) is 16.0. The summed E-state index contributed by atoms with van der Waals surface area (Å²) in [7, 11) is -3.15. The Labute approximate surface area is 183 Å². The molecule has 1 aliphatic rings. The molecule has 0 bridgehead atoms. The highest BCUT2D eigenvalue weighted by Crippen LogP contribution is 2.29. The molecule has 1 saturated heterocycles. The first-order valence-electron chi connectivity index (χ1n) is 9.64. The number of nitrogens with two attached hydrogens (primary N) is 1. The van der Waals surface area contributed by atoms with E-state index in [0.717, 1.165) is 28.8 Å². The van der Waals surface area contributed by atoms with Crippen LogP contribution in [-0.4, -0.2) is 67.3 Å². The van der Waals surface area contributed by atoms with Crippen LogP contribution in [0.5, 0.6) is 0 Å². The van der Waals surface area contributed by atoms with Gasteiger partial charge in [0, 0.05) is 62.5 Å². The number of rotatable bonds is 7. The van der Waals surface area contributed by atoms with Crippen molar-refractivity contribution in [3.8, 4) is 0 Å². The number of halogens is 1. The van der Waals surface area contributed by atoms with Gasteiger partial charge in [-0.3, -0.25) is 9.78 Å². The molecule has 0 atom stereocenters. The predicted octanol–water partition coefficient (Wildman–Crippen LogP) is 2.21. The van der Waals surface area contributed by atoms with E-state index in [1.165, 1.54) is 6.20 Å². The van der Waals surface area contributed by atoms with Crippen molar-refractivity contribution in [1.82, 2.24) is 14.8 Å². The van der Waals surface area contributed by atoms with Gasteiger partial charge in [0.15, 0.2) is 0 Å². The first-order chi connectivity index (χ1) is 14.0. The minimum atomic E-state index is -3.15. The Hall–Kier alpha value is -2.32. The molecule has 1 fully saturated rings. The molecule has 0 radical (unpaired) electrons. The number of hydrogen-bond donors (Lipinski definition) is 1. The molecule has 0 saturated carbocycles. The molecule has 30 heavy (non-hydrogen) atoms. The lowest BCUT2D eigenvalue weighted by molar-refractivity contribution is -0.132. The van der Waals surface area contributed by atoms with Crippen molar-refractivity contribution in [1.29, 1.82) is 0 Å². The molecule has 9 heteroatoms. The largest absolute Gasteiger partial charge is 0.403 e. The van der Waals surface area contributed by atoms with Crippen molar-refractivity contribution in [2.75, 3.05) is 38.2 Å². The second kappa shape index (κ2) is 10.1. The molecule has 2 rings (SSSR count). The van der Waals surface area contributed by atoms with Crippen LogP contribution in [0.4, 0.5) is 0 Å². The SMILES string of the molecule is C=C(/C=C(\C(Cl)=C/N)c1ncc(C)cc1C)N1CCN(C(=O)CCS(C)(=O)=O)CC1. The zero-order valence-corrected chi connectivity index (χ0v) is 19.3. The van der Waals surface area contributed by atoms with Crippen molar-refractivity contribution in [2.45, 2.75) is 20.3 Å². The maximum absolute atomic E-state index is 12.2. The Morgan fingerprint density at radius 2 is 1.87 bits per heavy atom. The van der Waals surface area contributed by atoms with E-state index in [-0.39, 0.29) is 18.1 Å². The molecule has 2 heterocycles. The Balaban J connectivity index is 2.10. The summed E-state index contributed by atoms with van der Waals surface area (Å²) < 4.78 is 22.6. The highest BCUT2D eigenvalue weighted by atomic mass is 35.5. The molecule has 0 aliphatic carbocycles. The summed E-state index contributed by atoms with van der Waals surface area (Å²) in [5.74, 6) is -0.270. The van der Waals surface area contributed by atoms with E-state index < -0.39 is 9.84 Å². The first kappa shape index (κ1) is 24.0. The number of sulfone groups is 1. The van der Waals surface area contributed by atoms with Gasteiger partial charge in [-0.25, -0.2) is 8.42 Å². The van der Waals surface area contributed by atoms with Crippen molar-refractivity contribution < 1.29 is 13.2 Å². The van der Waals surface area contributed by atoms with E-state index in [9.17, 15) is 13.2 Å². The maximum atomic E-state index is 12.2. The smallest absolute Gasteiger partial charge is 0.223 e. The fraction of sp³-hybridized carbons (Fsp3) is 0.429. The summed E-state index contributed by atoms with van der Waals surface area (Å²) in [6.07, 6.45) is 6.12. The van der Waals surface area contributed by atoms with Crippen LogP contribution in [0.2, 0.25) is 0 Å². The fourth-order valence-electron chi connectivity index (χ4n) is 3.27. The van der Waals surface area contributed by atoms with Gasteiger partial charge in [0.05, 0.1) is 16.5 Å². The number of allylic oxidation sites excluding steroid dienone is 3. The molecule has 1 aliphatic heterocycles. The predicted molar refractivity (Wildman–Crippen MR) is 121 cm³/mol. The van der Waals surface area contributed by atoms with Gasteiger partial charge in [-0.2, -0.15) is 0 Å². The van der Waals surface area contributed by atoms with E-state index >= 15 is 0 Å². The Morgan fingerprint density at radius 3 is 2.40 bits per heavy atom. The number of aryl methyl sites for hydroxylation is 2. The van der Waals surface area contributed by atoms with Crippen molar-refractivity contribution >= 4 is 32.9 Å². The van der Waals surface area contributed by atoms with Crippen LogP contribution in [0.1, 0.15) is 23.2 Å². The monoisotopic (exact) mass is 452 g/mol. The van der Waals surface area contributed by atoms with Crippen LogP contribution in [0.15, 0.2) is 41.8 Å². The molecular formula is C21H29ClN4O3S. The summed E-state index contributed by atoms with van der Waals surface area (Å²) in [6, 6.07) is 2.03. The van der Waals surface area contributed by atoms with Crippen LogP contribution in [0.3, 0.4) is 0 Å². The van der Waals surface area contributed by atoms with E-state index in [0.29, 0.717) is 36.8 Å². The van der Waals surface area contributed by atoms with Gasteiger partial charge in [0.1, 0.15) is 9.84 Å². The summed E-state index contributed by atoms with van der Waals surface area (Å²) in [5, 5.41) is 0.380. The molecule has 1 aromatic rings. The van der Waals surface area contributed by atoms with Crippen molar-refractivity contribution in [3.05, 3.63) is 58.7 Å². The summed E-state index contributed by atoms with van der Waals surface area (Å²) in [4.78, 5) is 20.5. The first-order valence-corrected chi connectivity index (χ1v) is 12.1. The van der Waals surface area contributed by atoms with Crippen LogP contribution >= 0.6 is 11.6 Å². The molecule has 0 spiro atoms. The number of aromatic nitrogens is 1. The van der Waals surface area contributed by atoms with Crippen LogP contribution in [-0.2, 0) is 14.6 Å². The average Bonchev–Trinajstić information content (AvgIpc) is 2.69.